The second-order valence-corrected chi connectivity index (χ2v) is 7.56. The monoisotopic (exact) mass is 318 g/mol. The van der Waals surface area contributed by atoms with Crippen molar-refractivity contribution in [2.75, 3.05) is 0 Å². The van der Waals surface area contributed by atoms with Crippen LogP contribution < -0.4 is 5.32 Å². The molecular weight excluding hydrogens is 297 g/mol. The molecule has 1 aromatic rings. The highest BCUT2D eigenvalue weighted by Gasteiger charge is 2.38. The summed E-state index contributed by atoms with van der Waals surface area (Å²) in [6, 6.07) is 0.409. The molecule has 0 aromatic carbocycles. The summed E-state index contributed by atoms with van der Waals surface area (Å²) in [6.07, 6.45) is 2.05. The smallest absolute Gasteiger partial charge is 0.309 e. The Morgan fingerprint density at radius 3 is 2.62 bits per heavy atom. The van der Waals surface area contributed by atoms with Crippen LogP contribution in [0, 0.1) is 5.92 Å². The highest BCUT2D eigenvalue weighted by molar-refractivity contribution is 7.11. The molecule has 2 aliphatic carbocycles. The van der Waals surface area contributed by atoms with Gasteiger partial charge < -0.3 is 5.32 Å². The molecule has 0 spiro atoms. The lowest BCUT2D eigenvalue weighted by Gasteiger charge is -2.24. The van der Waals surface area contributed by atoms with Crippen molar-refractivity contribution in [3.63, 3.8) is 0 Å². The van der Waals surface area contributed by atoms with Crippen molar-refractivity contribution >= 4 is 11.3 Å². The molecular formula is C15H21F3N2S. The molecule has 1 heterocycles. The molecule has 2 nitrogen and oxygen atoms in total. The van der Waals surface area contributed by atoms with Crippen LogP contribution in [0.1, 0.15) is 66.9 Å². The average Bonchev–Trinajstić information content (AvgIpc) is 3.13. The molecule has 21 heavy (non-hydrogen) atoms. The number of hydrogen-bond donors (Lipinski definition) is 1. The van der Waals surface area contributed by atoms with Gasteiger partial charge in [-0.25, -0.2) is 4.98 Å². The SMILES string of the molecule is CC1CCCC(c2nc(C(F)(F)F)c(CNC3CC3)s2)C1. The number of rotatable bonds is 4. The Balaban J connectivity index is 1.80. The van der Waals surface area contributed by atoms with Crippen LogP contribution in [0.3, 0.4) is 0 Å². The number of halogens is 3. The largest absolute Gasteiger partial charge is 0.434 e. The summed E-state index contributed by atoms with van der Waals surface area (Å²) in [5.41, 5.74) is -0.658. The fourth-order valence-corrected chi connectivity index (χ4v) is 4.25. The number of nitrogens with one attached hydrogen (secondary N) is 1. The molecule has 2 atom stereocenters. The Labute approximate surface area is 127 Å². The molecule has 118 valence electrons. The van der Waals surface area contributed by atoms with Crippen LogP contribution in [0.2, 0.25) is 0 Å². The fraction of sp³-hybridized carbons (Fsp3) is 0.800. The van der Waals surface area contributed by atoms with E-state index < -0.39 is 11.9 Å². The van der Waals surface area contributed by atoms with E-state index in [9.17, 15) is 13.2 Å². The summed E-state index contributed by atoms with van der Waals surface area (Å²) < 4.78 is 39.5. The summed E-state index contributed by atoms with van der Waals surface area (Å²) in [6.45, 7) is 2.49. The van der Waals surface area contributed by atoms with Gasteiger partial charge in [0.05, 0.1) is 9.88 Å². The van der Waals surface area contributed by atoms with Gasteiger partial charge in [-0.15, -0.1) is 11.3 Å². The first-order chi connectivity index (χ1) is 9.93. The molecule has 2 saturated carbocycles. The summed E-state index contributed by atoms with van der Waals surface area (Å²) in [5.74, 6) is 0.810. The maximum Gasteiger partial charge on any atom is 0.434 e. The number of nitrogens with zero attached hydrogens (tertiary/aromatic N) is 1. The molecule has 1 N–H and O–H groups in total. The van der Waals surface area contributed by atoms with E-state index >= 15 is 0 Å². The van der Waals surface area contributed by atoms with E-state index in [-0.39, 0.29) is 5.92 Å². The van der Waals surface area contributed by atoms with Crippen LogP contribution in [-0.2, 0) is 12.7 Å². The lowest BCUT2D eigenvalue weighted by atomic mass is 9.83. The summed E-state index contributed by atoms with van der Waals surface area (Å²) in [4.78, 5) is 4.35. The first-order valence-electron chi connectivity index (χ1n) is 7.73. The van der Waals surface area contributed by atoms with Gasteiger partial charge in [-0.2, -0.15) is 13.2 Å². The zero-order valence-electron chi connectivity index (χ0n) is 12.2. The van der Waals surface area contributed by atoms with Crippen molar-refractivity contribution in [1.82, 2.24) is 10.3 Å². The molecule has 3 rings (SSSR count). The van der Waals surface area contributed by atoms with E-state index in [0.717, 1.165) is 32.1 Å². The number of aromatic nitrogens is 1. The third-order valence-corrected chi connectivity index (χ3v) is 5.61. The van der Waals surface area contributed by atoms with Gasteiger partial charge in [0.2, 0.25) is 0 Å². The van der Waals surface area contributed by atoms with E-state index in [0.29, 0.717) is 28.4 Å². The van der Waals surface area contributed by atoms with Crippen LogP contribution in [0.4, 0.5) is 13.2 Å². The molecule has 0 aliphatic heterocycles. The Morgan fingerprint density at radius 2 is 2.00 bits per heavy atom. The number of hydrogen-bond acceptors (Lipinski definition) is 3. The number of alkyl halides is 3. The molecule has 6 heteroatoms. The van der Waals surface area contributed by atoms with E-state index in [2.05, 4.69) is 17.2 Å². The minimum absolute atomic E-state index is 0.217. The van der Waals surface area contributed by atoms with Gasteiger partial charge >= 0.3 is 6.18 Å². The predicted molar refractivity (Wildman–Crippen MR) is 77.4 cm³/mol. The quantitative estimate of drug-likeness (QED) is 0.870. The molecule has 2 unspecified atom stereocenters. The van der Waals surface area contributed by atoms with Crippen LogP contribution in [0.25, 0.3) is 0 Å². The third kappa shape index (κ3) is 3.77. The van der Waals surface area contributed by atoms with Crippen molar-refractivity contribution in [1.29, 1.82) is 0 Å². The van der Waals surface area contributed by atoms with Crippen molar-refractivity contribution < 1.29 is 13.2 Å². The summed E-state index contributed by atoms with van der Waals surface area (Å²) in [7, 11) is 0. The zero-order chi connectivity index (χ0) is 15.0. The Morgan fingerprint density at radius 1 is 1.24 bits per heavy atom. The van der Waals surface area contributed by atoms with E-state index in [4.69, 9.17) is 0 Å². The van der Waals surface area contributed by atoms with E-state index in [1.54, 1.807) is 0 Å². The summed E-state index contributed by atoms with van der Waals surface area (Å²) >= 11 is 1.27. The standard InChI is InChI=1S/C15H21F3N2S/c1-9-3-2-4-10(7-9)14-20-13(15(16,17)18)12(21-14)8-19-11-5-6-11/h9-11,19H,2-8H2,1H3. The molecule has 0 amide bonds. The lowest BCUT2D eigenvalue weighted by molar-refractivity contribution is -0.141. The first-order valence-corrected chi connectivity index (χ1v) is 8.55. The average molecular weight is 318 g/mol. The highest BCUT2D eigenvalue weighted by atomic mass is 32.1. The van der Waals surface area contributed by atoms with Crippen molar-refractivity contribution in [3.05, 3.63) is 15.6 Å². The van der Waals surface area contributed by atoms with Gasteiger partial charge in [-0.05, 0) is 31.6 Å². The van der Waals surface area contributed by atoms with E-state index in [1.165, 1.54) is 17.8 Å². The minimum atomic E-state index is -4.34. The van der Waals surface area contributed by atoms with Crippen LogP contribution in [-0.4, -0.2) is 11.0 Å². The van der Waals surface area contributed by atoms with Crippen LogP contribution >= 0.6 is 11.3 Å². The zero-order valence-corrected chi connectivity index (χ0v) is 13.0. The second kappa shape index (κ2) is 5.88. The predicted octanol–water partition coefficient (Wildman–Crippen LogP) is 4.71. The van der Waals surface area contributed by atoms with Gasteiger partial charge in [-0.1, -0.05) is 19.8 Å². The van der Waals surface area contributed by atoms with Crippen LogP contribution in [0.15, 0.2) is 0 Å². The van der Waals surface area contributed by atoms with Crippen LogP contribution in [0.5, 0.6) is 0 Å². The van der Waals surface area contributed by atoms with Gasteiger partial charge in [-0.3, -0.25) is 0 Å². The van der Waals surface area contributed by atoms with Gasteiger partial charge in [0, 0.05) is 18.5 Å². The molecule has 2 fully saturated rings. The normalized spacial score (nSPS) is 27.0. The maximum absolute atomic E-state index is 13.2. The van der Waals surface area contributed by atoms with Crippen molar-refractivity contribution in [2.45, 2.75) is 70.1 Å². The lowest BCUT2D eigenvalue weighted by Crippen LogP contribution is -2.18. The Bertz CT molecular complexity index is 494. The topological polar surface area (TPSA) is 24.9 Å². The van der Waals surface area contributed by atoms with Crippen molar-refractivity contribution in [3.8, 4) is 0 Å². The first kappa shape index (κ1) is 15.3. The molecule has 0 saturated heterocycles. The number of thiazole rings is 1. The second-order valence-electron chi connectivity index (χ2n) is 6.45. The van der Waals surface area contributed by atoms with Gasteiger partial charge in [0.1, 0.15) is 0 Å². The highest BCUT2D eigenvalue weighted by Crippen LogP contribution is 2.42. The molecule has 0 bridgehead atoms. The molecule has 1 aromatic heterocycles. The molecule has 2 aliphatic rings. The van der Waals surface area contributed by atoms with Gasteiger partial charge in [0.15, 0.2) is 5.69 Å². The summed E-state index contributed by atoms with van der Waals surface area (Å²) in [5, 5.41) is 3.88. The van der Waals surface area contributed by atoms with Crippen molar-refractivity contribution in [2.24, 2.45) is 5.92 Å². The van der Waals surface area contributed by atoms with E-state index in [1.807, 2.05) is 0 Å². The minimum Gasteiger partial charge on any atom is -0.309 e. The fourth-order valence-electron chi connectivity index (χ4n) is 3.07. The molecule has 0 radical (unpaired) electrons. The maximum atomic E-state index is 13.2. The Hall–Kier alpha value is -0.620. The Kier molecular flexibility index (Phi) is 4.28. The van der Waals surface area contributed by atoms with Gasteiger partial charge in [0.25, 0.3) is 0 Å². The third-order valence-electron chi connectivity index (χ3n) is 4.40.